The predicted molar refractivity (Wildman–Crippen MR) is 446 cm³/mol. The van der Waals surface area contributed by atoms with Crippen LogP contribution in [0.1, 0.15) is 143 Å². The molecular formula is C88H143F2N13O4. The largest absolute Gasteiger partial charge is 0.497 e. The van der Waals surface area contributed by atoms with Crippen molar-refractivity contribution in [1.82, 2.24) is 44.1 Å². The molecule has 0 saturated carbocycles. The van der Waals surface area contributed by atoms with E-state index in [-0.39, 0.29) is 39.3 Å². The lowest BCUT2D eigenvalue weighted by Crippen LogP contribution is -2.56. The zero-order valence-corrected chi connectivity index (χ0v) is 70.5. The van der Waals surface area contributed by atoms with Crippen LogP contribution in [0.2, 0.25) is 0 Å². The van der Waals surface area contributed by atoms with Gasteiger partial charge in [-0.2, -0.15) is 0 Å². The second kappa shape index (κ2) is 39.3. The summed E-state index contributed by atoms with van der Waals surface area (Å²) in [6.07, 6.45) is 2.73. The van der Waals surface area contributed by atoms with Crippen molar-refractivity contribution in [2.24, 2.45) is 0 Å². The van der Waals surface area contributed by atoms with Gasteiger partial charge in [-0.3, -0.25) is 39.2 Å². The second-order valence-electron chi connectivity index (χ2n) is 36.3. The Labute approximate surface area is 647 Å². The van der Waals surface area contributed by atoms with Gasteiger partial charge >= 0.3 is 0 Å². The minimum atomic E-state index is -0.165. The monoisotopic (exact) mass is 1480 g/mol. The first-order valence-electron chi connectivity index (χ1n) is 40.3. The molecule has 0 unspecified atom stereocenters. The standard InChI is InChI=1S/C16H24N2O2.2C15H24N2O.2C14H21FN2.C14H29N3/c1-16(2,3)18-8-6-17(7-9-18)11-13-4-5-14-15(10-13)20-12-19-14;1-15(2,3)17-11-9-16(10-12-17)13-5-7-14(18-4)8-6-13;1-15(2,3)17-10-8-16(9-11-17)13-6-5-7-14(12-13)18-4;1-14(2,3)17-10-8-16(9-11-17)13-6-4-12(15)5-7-13;1-14(2,3)17-10-8-16(9-11-17)13-7-5-4-6-12(13)15;1-14(2,3)17-11-9-16(10-12-17)13-5-7-15(4)8-6-13/h4-5,10H,6-9,11-12H2,1-3H3;5-8H,9-12H2,1-4H3;5-7,12H,8-11H2,1-4H3;2*4-7H,8-11H2,1-3H3;13H,5-12H2,1-4H3. The van der Waals surface area contributed by atoms with Crippen LogP contribution in [0.25, 0.3) is 0 Å². The number of hydrogen-bond acceptors (Lipinski definition) is 17. The molecule has 0 bridgehead atoms. The number of methoxy groups -OCH3 is 2. The van der Waals surface area contributed by atoms with Gasteiger partial charge in [0, 0.05) is 226 Å². The van der Waals surface area contributed by atoms with E-state index in [2.05, 4.69) is 238 Å². The highest BCUT2D eigenvalue weighted by molar-refractivity contribution is 5.52. The quantitative estimate of drug-likeness (QED) is 0.140. The van der Waals surface area contributed by atoms with E-state index in [1.165, 1.54) is 87.2 Å². The van der Waals surface area contributed by atoms with Crippen LogP contribution in [0, 0.1) is 11.6 Å². The number of likely N-dealkylation sites (tertiary alicyclic amines) is 1. The lowest BCUT2D eigenvalue weighted by atomic mass is 10.0. The van der Waals surface area contributed by atoms with Gasteiger partial charge in [0.1, 0.15) is 23.1 Å². The number of para-hydroxylation sites is 1. The van der Waals surface area contributed by atoms with E-state index >= 15 is 0 Å². The molecule has 0 spiro atoms. The first kappa shape index (κ1) is 86.6. The van der Waals surface area contributed by atoms with Gasteiger partial charge in [0.2, 0.25) is 6.79 Å². The molecule has 5 aromatic carbocycles. The van der Waals surface area contributed by atoms with Crippen molar-refractivity contribution in [1.29, 1.82) is 0 Å². The van der Waals surface area contributed by atoms with Crippen molar-refractivity contribution in [2.75, 3.05) is 218 Å². The van der Waals surface area contributed by atoms with E-state index in [1.807, 2.05) is 48.5 Å². The molecule has 8 aliphatic heterocycles. The average molecular weight is 1490 g/mol. The minimum Gasteiger partial charge on any atom is -0.497 e. The van der Waals surface area contributed by atoms with Crippen LogP contribution in [0.15, 0.2) is 115 Å². The molecule has 19 heteroatoms. The van der Waals surface area contributed by atoms with Crippen LogP contribution in [0.5, 0.6) is 23.0 Å². The van der Waals surface area contributed by atoms with E-state index in [9.17, 15) is 8.78 Å². The van der Waals surface area contributed by atoms with Crippen LogP contribution in [0.3, 0.4) is 0 Å². The summed E-state index contributed by atoms with van der Waals surface area (Å²) < 4.78 is 47.8. The third kappa shape index (κ3) is 27.2. The number of benzene rings is 5. The minimum absolute atomic E-state index is 0.114. The Morgan fingerprint density at radius 1 is 0.355 bits per heavy atom. The number of piperidine rings is 1. The van der Waals surface area contributed by atoms with Gasteiger partial charge in [0.25, 0.3) is 0 Å². The molecule has 8 heterocycles. The molecule has 17 nitrogen and oxygen atoms in total. The fourth-order valence-electron chi connectivity index (χ4n) is 15.5. The molecule has 7 saturated heterocycles. The fraction of sp³-hybridized carbons (Fsp3) is 0.659. The summed E-state index contributed by atoms with van der Waals surface area (Å²) in [5.74, 6) is 3.33. The molecule has 13 rings (SSSR count). The number of ether oxygens (including phenoxy) is 4. The van der Waals surface area contributed by atoms with E-state index in [0.29, 0.717) is 12.3 Å². The average Bonchev–Trinajstić information content (AvgIpc) is 1.43. The summed E-state index contributed by atoms with van der Waals surface area (Å²) in [4.78, 5) is 32.3. The zero-order chi connectivity index (χ0) is 77.9. The molecule has 5 aromatic rings. The summed E-state index contributed by atoms with van der Waals surface area (Å²) in [6.45, 7) is 71.4. The van der Waals surface area contributed by atoms with Crippen LogP contribution in [0.4, 0.5) is 31.5 Å². The van der Waals surface area contributed by atoms with Gasteiger partial charge in [0.05, 0.1) is 19.9 Å². The summed E-state index contributed by atoms with van der Waals surface area (Å²) in [7, 11) is 5.67. The molecule has 0 radical (unpaired) electrons. The Morgan fingerprint density at radius 2 is 0.738 bits per heavy atom. The van der Waals surface area contributed by atoms with Crippen LogP contribution < -0.4 is 38.5 Å². The Morgan fingerprint density at radius 3 is 1.16 bits per heavy atom. The van der Waals surface area contributed by atoms with Crippen molar-refractivity contribution in [2.45, 2.75) is 183 Å². The Balaban J connectivity index is 0.000000162. The first-order valence-corrected chi connectivity index (χ1v) is 40.3. The molecule has 0 amide bonds. The van der Waals surface area contributed by atoms with E-state index in [0.717, 1.165) is 178 Å². The number of rotatable bonds is 9. The number of fused-ring (bicyclic) bond motifs is 1. The third-order valence-corrected chi connectivity index (χ3v) is 22.8. The van der Waals surface area contributed by atoms with Crippen molar-refractivity contribution in [3.8, 4) is 23.0 Å². The highest BCUT2D eigenvalue weighted by Crippen LogP contribution is 2.34. The molecule has 0 atom stereocenters. The highest BCUT2D eigenvalue weighted by atomic mass is 19.1. The van der Waals surface area contributed by atoms with Crippen LogP contribution in [-0.2, 0) is 6.54 Å². The van der Waals surface area contributed by atoms with Gasteiger partial charge in [-0.05, 0) is 248 Å². The molecular weight excluding hydrogens is 1340 g/mol. The van der Waals surface area contributed by atoms with Gasteiger partial charge in [-0.1, -0.05) is 24.3 Å². The van der Waals surface area contributed by atoms with Crippen LogP contribution >= 0.6 is 0 Å². The smallest absolute Gasteiger partial charge is 0.231 e. The molecule has 107 heavy (non-hydrogen) atoms. The van der Waals surface area contributed by atoms with Crippen molar-refractivity contribution >= 4 is 22.7 Å². The van der Waals surface area contributed by atoms with E-state index in [1.54, 1.807) is 20.3 Å². The van der Waals surface area contributed by atoms with Crippen molar-refractivity contribution in [3.63, 3.8) is 0 Å². The fourth-order valence-corrected chi connectivity index (χ4v) is 15.5. The molecule has 0 aromatic heterocycles. The van der Waals surface area contributed by atoms with Gasteiger partial charge in [-0.25, -0.2) is 8.78 Å². The Bertz CT molecular complexity index is 3360. The van der Waals surface area contributed by atoms with Crippen molar-refractivity contribution < 1.29 is 27.7 Å². The Kier molecular flexibility index (Phi) is 31.8. The second-order valence-corrected chi connectivity index (χ2v) is 36.3. The van der Waals surface area contributed by atoms with E-state index < -0.39 is 0 Å². The van der Waals surface area contributed by atoms with Gasteiger partial charge in [-0.15, -0.1) is 0 Å². The van der Waals surface area contributed by atoms with Crippen LogP contribution in [-0.4, -0.2) is 282 Å². The first-order chi connectivity index (χ1) is 50.4. The lowest BCUT2D eigenvalue weighted by Gasteiger charge is -2.46. The number of hydrogen-bond donors (Lipinski definition) is 0. The maximum atomic E-state index is 13.6. The van der Waals surface area contributed by atoms with Gasteiger partial charge in [0.15, 0.2) is 11.5 Å². The molecule has 0 aliphatic carbocycles. The van der Waals surface area contributed by atoms with E-state index in [4.69, 9.17) is 18.9 Å². The normalized spacial score (nSPS) is 20.1. The number of nitrogens with zero attached hydrogens (tertiary/aromatic N) is 13. The molecule has 7 fully saturated rings. The number of piperazine rings is 6. The molecule has 0 N–H and O–H groups in total. The number of anilines is 4. The maximum absolute atomic E-state index is 13.6. The summed E-state index contributed by atoms with van der Waals surface area (Å²) >= 11 is 0. The van der Waals surface area contributed by atoms with Gasteiger partial charge < -0.3 is 43.4 Å². The summed E-state index contributed by atoms with van der Waals surface area (Å²) in [5.41, 5.74) is 7.37. The zero-order valence-electron chi connectivity index (χ0n) is 70.5. The predicted octanol–water partition coefficient (Wildman–Crippen LogP) is 14.6. The third-order valence-electron chi connectivity index (χ3n) is 22.8. The SMILES string of the molecule is CC(C)(C)N1CCN(Cc2ccc3c(c2)OCO3)CC1.CC(C)(C)N1CCN(c2ccc(F)cc2)CC1.CC(C)(C)N1CCN(c2ccccc2F)CC1.CN1CCC(N2CCN(C(C)(C)C)CC2)CC1.COc1ccc(N2CCN(C(C)(C)C)CC2)cc1.COc1cccc(N2CCN(C(C)(C)C)CC2)c1. The topological polar surface area (TPSA) is 79.0 Å². The molecule has 8 aliphatic rings. The molecule has 598 valence electrons. The maximum Gasteiger partial charge on any atom is 0.231 e. The summed E-state index contributed by atoms with van der Waals surface area (Å²) in [6, 6.07) is 37.6. The lowest BCUT2D eigenvalue weighted by molar-refractivity contribution is 0.0264. The summed E-state index contributed by atoms with van der Waals surface area (Å²) in [5, 5.41) is 0. The number of halogens is 2. The highest BCUT2D eigenvalue weighted by Gasteiger charge is 2.34. The Hall–Kier alpha value is -6.00. The van der Waals surface area contributed by atoms with Crippen molar-refractivity contribution in [3.05, 3.63) is 132 Å².